The number of benzene rings is 2. The molecule has 2 rings (SSSR count). The van der Waals surface area contributed by atoms with Crippen molar-refractivity contribution < 1.29 is 9.59 Å². The molecule has 156 valence electrons. The van der Waals surface area contributed by atoms with Gasteiger partial charge in [0.1, 0.15) is 6.04 Å². The Hall–Kier alpha value is -1.98. The first kappa shape index (κ1) is 23.3. The van der Waals surface area contributed by atoms with E-state index in [0.717, 1.165) is 10.5 Å². The highest BCUT2D eigenvalue weighted by Crippen LogP contribution is 2.22. The summed E-state index contributed by atoms with van der Waals surface area (Å²) in [6, 6.07) is 16.8. The number of rotatable bonds is 8. The van der Waals surface area contributed by atoms with Crippen LogP contribution in [0.1, 0.15) is 39.7 Å². The van der Waals surface area contributed by atoms with Crippen molar-refractivity contribution in [1.82, 2.24) is 10.2 Å². The Kier molecular flexibility index (Phi) is 8.60. The third kappa shape index (κ3) is 8.11. The maximum atomic E-state index is 13.0. The van der Waals surface area contributed by atoms with Crippen LogP contribution < -0.4 is 5.32 Å². The second-order valence-corrected chi connectivity index (χ2v) is 9.58. The number of halogens is 1. The molecule has 0 spiro atoms. The van der Waals surface area contributed by atoms with Crippen molar-refractivity contribution in [2.24, 2.45) is 0 Å². The number of hydrogen-bond donors (Lipinski definition) is 1. The van der Waals surface area contributed by atoms with Gasteiger partial charge in [0.25, 0.3) is 0 Å². The lowest BCUT2D eigenvalue weighted by molar-refractivity contribution is -0.140. The van der Waals surface area contributed by atoms with Gasteiger partial charge in [0, 0.05) is 34.2 Å². The summed E-state index contributed by atoms with van der Waals surface area (Å²) in [4.78, 5) is 28.4. The summed E-state index contributed by atoms with van der Waals surface area (Å²) in [5.41, 5.74) is 0.652. The smallest absolute Gasteiger partial charge is 0.242 e. The van der Waals surface area contributed by atoms with Crippen LogP contribution in [0, 0.1) is 0 Å². The highest BCUT2D eigenvalue weighted by molar-refractivity contribution is 7.99. The van der Waals surface area contributed by atoms with Crippen molar-refractivity contribution >= 4 is 35.2 Å². The summed E-state index contributed by atoms with van der Waals surface area (Å²) in [5, 5.41) is 3.67. The Labute approximate surface area is 183 Å². The van der Waals surface area contributed by atoms with E-state index in [-0.39, 0.29) is 17.4 Å². The van der Waals surface area contributed by atoms with Gasteiger partial charge in [-0.3, -0.25) is 9.59 Å². The average Bonchev–Trinajstić information content (AvgIpc) is 2.66. The molecule has 6 heteroatoms. The molecule has 2 aromatic carbocycles. The number of carbonyl (C=O) groups excluding carboxylic acids is 2. The van der Waals surface area contributed by atoms with Crippen LogP contribution in [0.2, 0.25) is 5.02 Å². The van der Waals surface area contributed by atoms with Gasteiger partial charge in [0.05, 0.1) is 0 Å². The van der Waals surface area contributed by atoms with Crippen LogP contribution in [-0.4, -0.2) is 34.0 Å². The van der Waals surface area contributed by atoms with Gasteiger partial charge in [-0.1, -0.05) is 41.9 Å². The van der Waals surface area contributed by atoms with E-state index in [2.05, 4.69) is 5.32 Å². The Bertz CT molecular complexity index is 804. The molecule has 2 amide bonds. The van der Waals surface area contributed by atoms with Crippen molar-refractivity contribution in [3.8, 4) is 0 Å². The van der Waals surface area contributed by atoms with Gasteiger partial charge in [-0.2, -0.15) is 0 Å². The molecule has 0 saturated heterocycles. The summed E-state index contributed by atoms with van der Waals surface area (Å²) in [6.07, 6.45) is 0.354. The van der Waals surface area contributed by atoms with E-state index in [9.17, 15) is 9.59 Å². The number of hydrogen-bond acceptors (Lipinski definition) is 3. The van der Waals surface area contributed by atoms with Crippen LogP contribution >= 0.6 is 23.4 Å². The van der Waals surface area contributed by atoms with Crippen molar-refractivity contribution in [2.45, 2.75) is 57.1 Å². The first-order valence-corrected chi connectivity index (χ1v) is 11.1. The molecule has 1 atom stereocenters. The van der Waals surface area contributed by atoms with Gasteiger partial charge in [-0.25, -0.2) is 0 Å². The third-order valence-corrected chi connectivity index (χ3v) is 5.53. The second-order valence-electron chi connectivity index (χ2n) is 7.97. The van der Waals surface area contributed by atoms with Crippen LogP contribution in [0.4, 0.5) is 0 Å². The molecule has 0 bridgehead atoms. The molecule has 0 fully saturated rings. The topological polar surface area (TPSA) is 49.4 Å². The fraction of sp³-hybridized carbons (Fsp3) is 0.391. The molecule has 0 unspecified atom stereocenters. The molecule has 0 radical (unpaired) electrons. The van der Waals surface area contributed by atoms with Crippen LogP contribution in [0.3, 0.4) is 0 Å². The van der Waals surface area contributed by atoms with Crippen molar-refractivity contribution in [2.75, 3.05) is 5.75 Å². The number of nitrogens with zero attached hydrogens (tertiary/aromatic N) is 1. The largest absolute Gasteiger partial charge is 0.350 e. The van der Waals surface area contributed by atoms with Crippen LogP contribution in [0.25, 0.3) is 0 Å². The fourth-order valence-electron chi connectivity index (χ4n) is 2.77. The van der Waals surface area contributed by atoms with Crippen molar-refractivity contribution in [3.63, 3.8) is 0 Å². The van der Waals surface area contributed by atoms with Crippen LogP contribution in [-0.2, 0) is 16.1 Å². The Morgan fingerprint density at radius 1 is 1.07 bits per heavy atom. The molecule has 0 aliphatic rings. The van der Waals surface area contributed by atoms with Gasteiger partial charge in [0.2, 0.25) is 11.8 Å². The van der Waals surface area contributed by atoms with Crippen LogP contribution in [0.15, 0.2) is 59.5 Å². The van der Waals surface area contributed by atoms with Gasteiger partial charge >= 0.3 is 0 Å². The van der Waals surface area contributed by atoms with E-state index in [4.69, 9.17) is 11.6 Å². The summed E-state index contributed by atoms with van der Waals surface area (Å²) < 4.78 is 0. The van der Waals surface area contributed by atoms with Crippen molar-refractivity contribution in [1.29, 1.82) is 0 Å². The first-order chi connectivity index (χ1) is 13.7. The highest BCUT2D eigenvalue weighted by atomic mass is 35.5. The standard InChI is InChI=1S/C23H29ClN2O2S/c1-17(22(28)25-23(2,3)4)26(16-18-8-6-5-7-9-18)21(27)14-15-29-20-12-10-19(24)11-13-20/h5-13,17H,14-16H2,1-4H3,(H,25,28)/t17-/m1/s1. The summed E-state index contributed by atoms with van der Waals surface area (Å²) in [5.74, 6) is 0.457. The first-order valence-electron chi connectivity index (χ1n) is 9.69. The van der Waals surface area contributed by atoms with E-state index < -0.39 is 6.04 Å². The normalized spacial score (nSPS) is 12.3. The van der Waals surface area contributed by atoms with E-state index >= 15 is 0 Å². The quantitative estimate of drug-likeness (QED) is 0.586. The molecule has 1 N–H and O–H groups in total. The maximum absolute atomic E-state index is 13.0. The molecule has 0 aliphatic carbocycles. The average molecular weight is 433 g/mol. The molecule has 0 aliphatic heterocycles. The maximum Gasteiger partial charge on any atom is 0.242 e. The minimum Gasteiger partial charge on any atom is -0.350 e. The minimum absolute atomic E-state index is 0.0353. The molecule has 0 heterocycles. The molecule has 0 saturated carbocycles. The lowest BCUT2D eigenvalue weighted by Gasteiger charge is -2.31. The zero-order valence-corrected chi connectivity index (χ0v) is 19.0. The fourth-order valence-corrected chi connectivity index (χ4v) is 3.73. The van der Waals surface area contributed by atoms with Gasteiger partial charge in [0.15, 0.2) is 0 Å². The Morgan fingerprint density at radius 2 is 1.69 bits per heavy atom. The zero-order valence-electron chi connectivity index (χ0n) is 17.4. The van der Waals surface area contributed by atoms with Crippen molar-refractivity contribution in [3.05, 3.63) is 65.2 Å². The molecule has 4 nitrogen and oxygen atoms in total. The predicted octanol–water partition coefficient (Wildman–Crippen LogP) is 5.15. The molecule has 29 heavy (non-hydrogen) atoms. The predicted molar refractivity (Wildman–Crippen MR) is 121 cm³/mol. The van der Waals surface area contributed by atoms with E-state index in [0.29, 0.717) is 23.7 Å². The van der Waals surface area contributed by atoms with E-state index in [1.165, 1.54) is 0 Å². The third-order valence-electron chi connectivity index (χ3n) is 4.26. The van der Waals surface area contributed by atoms with E-state index in [1.807, 2.05) is 75.4 Å². The summed E-state index contributed by atoms with van der Waals surface area (Å²) >= 11 is 7.52. The Morgan fingerprint density at radius 3 is 2.28 bits per heavy atom. The molecular formula is C23H29ClN2O2S. The SMILES string of the molecule is C[C@H](C(=O)NC(C)(C)C)N(Cc1ccccc1)C(=O)CCSc1ccc(Cl)cc1. The minimum atomic E-state index is -0.553. The van der Waals surface area contributed by atoms with Gasteiger partial charge in [-0.15, -0.1) is 11.8 Å². The summed E-state index contributed by atoms with van der Waals surface area (Å²) in [7, 11) is 0. The highest BCUT2D eigenvalue weighted by Gasteiger charge is 2.28. The number of amides is 2. The lowest BCUT2D eigenvalue weighted by Crippen LogP contribution is -2.52. The zero-order chi connectivity index (χ0) is 21.4. The Balaban J connectivity index is 2.05. The molecule has 2 aromatic rings. The molecule has 0 aromatic heterocycles. The molecular weight excluding hydrogens is 404 g/mol. The number of thioether (sulfide) groups is 1. The summed E-state index contributed by atoms with van der Waals surface area (Å²) in [6.45, 7) is 8.00. The lowest BCUT2D eigenvalue weighted by atomic mass is 10.1. The van der Waals surface area contributed by atoms with Gasteiger partial charge < -0.3 is 10.2 Å². The van der Waals surface area contributed by atoms with E-state index in [1.54, 1.807) is 23.6 Å². The van der Waals surface area contributed by atoms with Gasteiger partial charge in [-0.05, 0) is 57.5 Å². The number of nitrogens with one attached hydrogen (secondary N) is 1. The second kappa shape index (κ2) is 10.7. The monoisotopic (exact) mass is 432 g/mol. The van der Waals surface area contributed by atoms with Crippen LogP contribution in [0.5, 0.6) is 0 Å². The number of carbonyl (C=O) groups is 2.